The van der Waals surface area contributed by atoms with E-state index in [1.807, 2.05) is 0 Å². The molecule has 1 aliphatic rings. The molecule has 0 nitrogen and oxygen atoms in total. The van der Waals surface area contributed by atoms with Gasteiger partial charge < -0.3 is 0 Å². The molecule has 72 valence electrons. The molecular formula is C11H15ClS. The van der Waals surface area contributed by atoms with Gasteiger partial charge in [-0.05, 0) is 29.9 Å². The Balaban J connectivity index is 2.05. The number of benzene rings is 1. The minimum Gasteiger partial charge on any atom is -0.159 e. The summed E-state index contributed by atoms with van der Waals surface area (Å²) in [5, 5.41) is 0. The van der Waals surface area contributed by atoms with Gasteiger partial charge in [0, 0.05) is 5.75 Å². The van der Waals surface area contributed by atoms with E-state index in [2.05, 4.69) is 30.3 Å². The van der Waals surface area contributed by atoms with Gasteiger partial charge in [-0.2, -0.15) is 9.24 Å². The molecule has 0 spiro atoms. The molecule has 0 N–H and O–H groups in total. The van der Waals surface area contributed by atoms with Gasteiger partial charge >= 0.3 is 0 Å². The van der Waals surface area contributed by atoms with E-state index in [-0.39, 0.29) is 0 Å². The van der Waals surface area contributed by atoms with Crippen LogP contribution in [-0.4, -0.2) is 11.5 Å². The van der Waals surface area contributed by atoms with Crippen LogP contribution < -0.4 is 0 Å². The molecule has 2 rings (SSSR count). The minimum absolute atomic E-state index is 0.785. The first-order chi connectivity index (χ1) is 6.29. The maximum atomic E-state index is 6.59. The Kier molecular flexibility index (Phi) is 2.85. The summed E-state index contributed by atoms with van der Waals surface area (Å²) in [4.78, 5) is 0. The quantitative estimate of drug-likeness (QED) is 0.700. The van der Waals surface area contributed by atoms with Crippen molar-refractivity contribution < 1.29 is 0 Å². The van der Waals surface area contributed by atoms with Crippen LogP contribution in [0, 0.1) is 0 Å². The Hall–Kier alpha value is -0.140. The zero-order valence-corrected chi connectivity index (χ0v) is 9.28. The zero-order valence-electron chi connectivity index (χ0n) is 7.71. The normalized spacial score (nSPS) is 22.8. The van der Waals surface area contributed by atoms with Crippen LogP contribution in [0.25, 0.3) is 0 Å². The third-order valence-corrected chi connectivity index (χ3v) is 6.68. The van der Waals surface area contributed by atoms with Crippen molar-refractivity contribution in [1.29, 1.82) is 0 Å². The lowest BCUT2D eigenvalue weighted by atomic mass is 10.2. The summed E-state index contributed by atoms with van der Waals surface area (Å²) in [7, 11) is 5.80. The first-order valence-corrected chi connectivity index (χ1v) is 7.75. The fourth-order valence-corrected chi connectivity index (χ4v) is 5.60. The fourth-order valence-electron chi connectivity index (χ4n) is 1.84. The predicted molar refractivity (Wildman–Crippen MR) is 62.6 cm³/mol. The summed E-state index contributed by atoms with van der Waals surface area (Å²) in [6, 6.07) is 10.6. The second-order valence-electron chi connectivity index (χ2n) is 3.68. The summed E-state index contributed by atoms with van der Waals surface area (Å²) in [5.74, 6) is 3.66. The van der Waals surface area contributed by atoms with E-state index in [9.17, 15) is 0 Å². The molecule has 1 fully saturated rings. The molecule has 1 aliphatic heterocycles. The Morgan fingerprint density at radius 2 is 1.69 bits per heavy atom. The highest BCUT2D eigenvalue weighted by atomic mass is 35.7. The average molecular weight is 215 g/mol. The highest BCUT2D eigenvalue weighted by molar-refractivity contribution is 8.50. The average Bonchev–Trinajstić information content (AvgIpc) is 2.54. The van der Waals surface area contributed by atoms with Crippen LogP contribution in [0.15, 0.2) is 30.3 Å². The van der Waals surface area contributed by atoms with Crippen molar-refractivity contribution in [3.05, 3.63) is 35.9 Å². The molecule has 1 aromatic rings. The standard InChI is InChI=1S/C11H15ClS/c12-13(8-4-5-9-13)10-11-6-2-1-3-7-11/h1-3,6-7H,4-5,8-10H2. The van der Waals surface area contributed by atoms with E-state index < -0.39 is 9.24 Å². The van der Waals surface area contributed by atoms with E-state index in [1.54, 1.807) is 0 Å². The van der Waals surface area contributed by atoms with Gasteiger partial charge in [0.05, 0.1) is 0 Å². The SMILES string of the molecule is ClS1(Cc2ccccc2)CCCC1. The Morgan fingerprint density at radius 1 is 1.08 bits per heavy atom. The Labute approximate surface area is 86.1 Å². The molecule has 0 saturated carbocycles. The van der Waals surface area contributed by atoms with Crippen LogP contribution in [0.2, 0.25) is 0 Å². The van der Waals surface area contributed by atoms with Gasteiger partial charge in [0.15, 0.2) is 0 Å². The molecule has 13 heavy (non-hydrogen) atoms. The molecule has 0 bridgehead atoms. The lowest BCUT2D eigenvalue weighted by molar-refractivity contribution is 0.949. The summed E-state index contributed by atoms with van der Waals surface area (Å²) >= 11 is 0. The number of hydrogen-bond donors (Lipinski definition) is 0. The van der Waals surface area contributed by atoms with Gasteiger partial charge in [-0.3, -0.25) is 0 Å². The van der Waals surface area contributed by atoms with Crippen LogP contribution >= 0.6 is 19.9 Å². The second kappa shape index (κ2) is 3.93. The molecule has 1 heterocycles. The van der Waals surface area contributed by atoms with Gasteiger partial charge in [0.1, 0.15) is 0 Å². The van der Waals surface area contributed by atoms with E-state index in [0.717, 1.165) is 5.75 Å². The smallest absolute Gasteiger partial charge is 0.0151 e. The molecule has 1 saturated heterocycles. The van der Waals surface area contributed by atoms with E-state index in [1.165, 1.54) is 29.9 Å². The molecule has 2 heteroatoms. The largest absolute Gasteiger partial charge is 0.159 e. The third kappa shape index (κ3) is 2.41. The van der Waals surface area contributed by atoms with Crippen molar-refractivity contribution in [1.82, 2.24) is 0 Å². The van der Waals surface area contributed by atoms with Crippen LogP contribution in [0.3, 0.4) is 0 Å². The summed E-state index contributed by atoms with van der Waals surface area (Å²) < 4.78 is 0. The van der Waals surface area contributed by atoms with Crippen molar-refractivity contribution in [3.8, 4) is 0 Å². The van der Waals surface area contributed by atoms with E-state index in [4.69, 9.17) is 10.7 Å². The maximum Gasteiger partial charge on any atom is 0.0151 e. The van der Waals surface area contributed by atoms with Crippen molar-refractivity contribution in [2.45, 2.75) is 18.6 Å². The van der Waals surface area contributed by atoms with E-state index >= 15 is 0 Å². The molecule has 0 amide bonds. The first kappa shape index (κ1) is 9.42. The molecule has 0 unspecified atom stereocenters. The molecular weight excluding hydrogens is 200 g/mol. The van der Waals surface area contributed by atoms with E-state index in [0.29, 0.717) is 0 Å². The Bertz CT molecular complexity index is 265. The number of hydrogen-bond acceptors (Lipinski definition) is 0. The van der Waals surface area contributed by atoms with Crippen LogP contribution in [0.4, 0.5) is 0 Å². The highest BCUT2D eigenvalue weighted by Crippen LogP contribution is 2.60. The van der Waals surface area contributed by atoms with Gasteiger partial charge in [0.2, 0.25) is 0 Å². The summed E-state index contributed by atoms with van der Waals surface area (Å²) in [6.07, 6.45) is 2.68. The topological polar surface area (TPSA) is 0 Å². The van der Waals surface area contributed by atoms with Crippen molar-refractivity contribution in [2.75, 3.05) is 11.5 Å². The van der Waals surface area contributed by atoms with Gasteiger partial charge in [-0.25, -0.2) is 0 Å². The monoisotopic (exact) mass is 214 g/mol. The maximum absolute atomic E-state index is 6.59. The minimum atomic E-state index is -0.785. The second-order valence-corrected chi connectivity index (χ2v) is 8.63. The molecule has 0 radical (unpaired) electrons. The fraction of sp³-hybridized carbons (Fsp3) is 0.455. The summed E-state index contributed by atoms with van der Waals surface area (Å²) in [5.41, 5.74) is 1.41. The van der Waals surface area contributed by atoms with Gasteiger partial charge in [0.25, 0.3) is 0 Å². The number of halogens is 1. The molecule has 0 aromatic heterocycles. The first-order valence-electron chi connectivity index (χ1n) is 4.78. The molecule has 0 aliphatic carbocycles. The van der Waals surface area contributed by atoms with Crippen molar-refractivity contribution in [3.63, 3.8) is 0 Å². The lowest BCUT2D eigenvalue weighted by Gasteiger charge is -2.26. The van der Waals surface area contributed by atoms with Crippen LogP contribution in [0.1, 0.15) is 18.4 Å². The van der Waals surface area contributed by atoms with Gasteiger partial charge in [-0.15, -0.1) is 0 Å². The van der Waals surface area contributed by atoms with Crippen LogP contribution in [0.5, 0.6) is 0 Å². The number of rotatable bonds is 2. The molecule has 1 aromatic carbocycles. The molecule has 0 atom stereocenters. The highest BCUT2D eigenvalue weighted by Gasteiger charge is 2.25. The lowest BCUT2D eigenvalue weighted by Crippen LogP contribution is -1.97. The van der Waals surface area contributed by atoms with Crippen LogP contribution in [-0.2, 0) is 5.75 Å². The van der Waals surface area contributed by atoms with Crippen molar-refractivity contribution in [2.24, 2.45) is 0 Å². The third-order valence-electron chi connectivity index (χ3n) is 2.54. The van der Waals surface area contributed by atoms with Crippen molar-refractivity contribution >= 4 is 19.9 Å². The van der Waals surface area contributed by atoms with Gasteiger partial charge in [-0.1, -0.05) is 41.0 Å². The predicted octanol–water partition coefficient (Wildman–Crippen LogP) is 3.94. The zero-order chi connectivity index (χ0) is 9.15. The Morgan fingerprint density at radius 3 is 2.31 bits per heavy atom. The summed E-state index contributed by atoms with van der Waals surface area (Å²) in [6.45, 7) is 0.